The highest BCUT2D eigenvalue weighted by atomic mass is 19.1. The molecular weight excluding hydrogens is 324 g/mol. The molecule has 3 aromatic rings. The van der Waals surface area contributed by atoms with Gasteiger partial charge in [0, 0.05) is 24.5 Å². The maximum Gasteiger partial charge on any atom is 0.177 e. The number of nitrogens with zero attached hydrogens (tertiary/aromatic N) is 3. The summed E-state index contributed by atoms with van der Waals surface area (Å²) >= 11 is 0. The van der Waals surface area contributed by atoms with Crippen molar-refractivity contribution in [3.8, 4) is 0 Å². The van der Waals surface area contributed by atoms with Gasteiger partial charge in [0.1, 0.15) is 23.1 Å². The van der Waals surface area contributed by atoms with Crippen LogP contribution in [0, 0.1) is 11.6 Å². The molecule has 1 aliphatic rings. The van der Waals surface area contributed by atoms with Crippen molar-refractivity contribution in [2.75, 3.05) is 10.6 Å². The highest BCUT2D eigenvalue weighted by molar-refractivity contribution is 5.76. The summed E-state index contributed by atoms with van der Waals surface area (Å²) in [6, 6.07) is 5.90. The van der Waals surface area contributed by atoms with Gasteiger partial charge in [-0.25, -0.2) is 18.3 Å². The number of rotatable bonds is 4. The Labute approximate surface area is 144 Å². The second kappa shape index (κ2) is 6.66. The number of para-hydroxylation sites is 1. The maximum atomic E-state index is 14.0. The van der Waals surface area contributed by atoms with Gasteiger partial charge in [0.05, 0.1) is 5.69 Å². The molecule has 5 nitrogen and oxygen atoms in total. The monoisotopic (exact) mass is 343 g/mol. The summed E-state index contributed by atoms with van der Waals surface area (Å²) < 4.78 is 29.6. The predicted octanol–water partition coefficient (Wildman–Crippen LogP) is 4.50. The number of benzene rings is 1. The van der Waals surface area contributed by atoms with Crippen LogP contribution in [0.4, 0.5) is 26.0 Å². The minimum atomic E-state index is -0.650. The van der Waals surface area contributed by atoms with Crippen LogP contribution in [0.1, 0.15) is 32.1 Å². The number of aromatic nitrogens is 3. The lowest BCUT2D eigenvalue weighted by atomic mass is 9.95. The third kappa shape index (κ3) is 3.26. The van der Waals surface area contributed by atoms with Crippen molar-refractivity contribution in [1.29, 1.82) is 0 Å². The molecule has 4 rings (SSSR count). The van der Waals surface area contributed by atoms with Crippen LogP contribution in [0.2, 0.25) is 0 Å². The van der Waals surface area contributed by atoms with Crippen LogP contribution in [-0.2, 0) is 0 Å². The van der Waals surface area contributed by atoms with E-state index in [-0.39, 0.29) is 5.69 Å². The number of anilines is 3. The van der Waals surface area contributed by atoms with Gasteiger partial charge in [-0.05, 0) is 25.0 Å². The van der Waals surface area contributed by atoms with Crippen LogP contribution in [0.5, 0.6) is 0 Å². The molecule has 2 heterocycles. The fourth-order valence-electron chi connectivity index (χ4n) is 3.29. The van der Waals surface area contributed by atoms with Crippen molar-refractivity contribution < 1.29 is 8.78 Å². The van der Waals surface area contributed by atoms with Gasteiger partial charge >= 0.3 is 0 Å². The van der Waals surface area contributed by atoms with Crippen molar-refractivity contribution in [1.82, 2.24) is 14.6 Å². The number of imidazole rings is 1. The fourth-order valence-corrected chi connectivity index (χ4v) is 3.29. The zero-order valence-corrected chi connectivity index (χ0v) is 13.7. The van der Waals surface area contributed by atoms with E-state index in [9.17, 15) is 8.78 Å². The standard InChI is InChI=1S/C18H19F2N5/c19-13-7-4-8-14(20)17(13)23-15-11-16(22-12-5-2-1-3-6-12)24-25-10-9-21-18(15)25/h4,7-12,23H,1-3,5-6H2,(H,22,24). The molecule has 0 spiro atoms. The molecular formula is C18H19F2N5. The van der Waals surface area contributed by atoms with E-state index >= 15 is 0 Å². The Bertz CT molecular complexity index is 866. The lowest BCUT2D eigenvalue weighted by Gasteiger charge is -2.23. The number of halogens is 2. The van der Waals surface area contributed by atoms with Crippen molar-refractivity contribution in [2.24, 2.45) is 0 Å². The maximum absolute atomic E-state index is 14.0. The van der Waals surface area contributed by atoms with Crippen LogP contribution in [0.25, 0.3) is 5.65 Å². The van der Waals surface area contributed by atoms with Crippen LogP contribution in [-0.4, -0.2) is 20.6 Å². The average Bonchev–Trinajstić information content (AvgIpc) is 3.08. The Morgan fingerprint density at radius 1 is 1.08 bits per heavy atom. The molecule has 1 aromatic carbocycles. The van der Waals surface area contributed by atoms with Gasteiger partial charge in [0.15, 0.2) is 5.65 Å². The first-order valence-electron chi connectivity index (χ1n) is 8.53. The van der Waals surface area contributed by atoms with Crippen molar-refractivity contribution >= 4 is 22.8 Å². The minimum Gasteiger partial charge on any atom is -0.366 e. The van der Waals surface area contributed by atoms with Gasteiger partial charge in [-0.2, -0.15) is 0 Å². The number of fused-ring (bicyclic) bond motifs is 1. The van der Waals surface area contributed by atoms with Gasteiger partial charge in [-0.1, -0.05) is 25.3 Å². The Morgan fingerprint density at radius 2 is 1.84 bits per heavy atom. The average molecular weight is 343 g/mol. The highest BCUT2D eigenvalue weighted by Gasteiger charge is 2.16. The quantitative estimate of drug-likeness (QED) is 0.732. The van der Waals surface area contributed by atoms with Crippen LogP contribution in [0.15, 0.2) is 36.7 Å². The SMILES string of the molecule is Fc1cccc(F)c1Nc1cc(NC2CCCCC2)nn2ccnc12. The van der Waals surface area contributed by atoms with Gasteiger partial charge in [-0.3, -0.25) is 0 Å². The first-order valence-corrected chi connectivity index (χ1v) is 8.53. The lowest BCUT2D eigenvalue weighted by Crippen LogP contribution is -2.23. The fraction of sp³-hybridized carbons (Fsp3) is 0.333. The molecule has 1 saturated carbocycles. The lowest BCUT2D eigenvalue weighted by molar-refractivity contribution is 0.461. The predicted molar refractivity (Wildman–Crippen MR) is 93.1 cm³/mol. The summed E-state index contributed by atoms with van der Waals surface area (Å²) in [5, 5.41) is 10.8. The Balaban J connectivity index is 1.68. The summed E-state index contributed by atoms with van der Waals surface area (Å²) in [6.07, 6.45) is 9.21. The van der Waals surface area contributed by atoms with E-state index in [0.29, 0.717) is 23.2 Å². The molecule has 0 aliphatic heterocycles. The van der Waals surface area contributed by atoms with E-state index in [4.69, 9.17) is 0 Å². The normalized spacial score (nSPS) is 15.4. The number of hydrogen-bond acceptors (Lipinski definition) is 4. The Morgan fingerprint density at radius 3 is 2.60 bits per heavy atom. The molecule has 0 bridgehead atoms. The Hall–Kier alpha value is -2.70. The van der Waals surface area contributed by atoms with Gasteiger partial charge in [0.2, 0.25) is 0 Å². The van der Waals surface area contributed by atoms with E-state index in [0.717, 1.165) is 12.8 Å². The van der Waals surface area contributed by atoms with Crippen molar-refractivity contribution in [3.63, 3.8) is 0 Å². The third-order valence-corrected chi connectivity index (χ3v) is 4.54. The Kier molecular flexibility index (Phi) is 4.21. The highest BCUT2D eigenvalue weighted by Crippen LogP contribution is 2.28. The van der Waals surface area contributed by atoms with E-state index in [1.165, 1.54) is 37.5 Å². The third-order valence-electron chi connectivity index (χ3n) is 4.54. The zero-order chi connectivity index (χ0) is 17.2. The van der Waals surface area contributed by atoms with Gasteiger partial charge in [-0.15, -0.1) is 5.10 Å². The van der Waals surface area contributed by atoms with Crippen molar-refractivity contribution in [2.45, 2.75) is 38.1 Å². The molecule has 2 aromatic heterocycles. The summed E-state index contributed by atoms with van der Waals surface area (Å²) in [6.45, 7) is 0. The largest absolute Gasteiger partial charge is 0.366 e. The minimum absolute atomic E-state index is 0.192. The molecule has 0 atom stereocenters. The van der Waals surface area contributed by atoms with Crippen LogP contribution < -0.4 is 10.6 Å². The molecule has 7 heteroatoms. The molecule has 0 saturated heterocycles. The summed E-state index contributed by atoms with van der Waals surface area (Å²) in [5.41, 5.74) is 0.821. The van der Waals surface area contributed by atoms with Crippen LogP contribution in [0.3, 0.4) is 0 Å². The zero-order valence-electron chi connectivity index (χ0n) is 13.7. The second-order valence-corrected chi connectivity index (χ2v) is 6.34. The molecule has 0 unspecified atom stereocenters. The molecule has 2 N–H and O–H groups in total. The van der Waals surface area contributed by atoms with Gasteiger partial charge in [0.25, 0.3) is 0 Å². The topological polar surface area (TPSA) is 54.2 Å². The molecule has 1 aliphatic carbocycles. The van der Waals surface area contributed by atoms with E-state index in [1.807, 2.05) is 0 Å². The number of nitrogens with one attached hydrogen (secondary N) is 2. The molecule has 0 radical (unpaired) electrons. The second-order valence-electron chi connectivity index (χ2n) is 6.34. The van der Waals surface area contributed by atoms with Crippen molar-refractivity contribution in [3.05, 3.63) is 48.3 Å². The molecule has 25 heavy (non-hydrogen) atoms. The summed E-state index contributed by atoms with van der Waals surface area (Å²) in [5.74, 6) is -0.636. The first-order chi connectivity index (χ1) is 12.2. The molecule has 0 amide bonds. The van der Waals surface area contributed by atoms with E-state index in [1.54, 1.807) is 23.0 Å². The number of hydrogen-bond donors (Lipinski definition) is 2. The van der Waals surface area contributed by atoms with Crippen LogP contribution >= 0.6 is 0 Å². The molecule has 130 valence electrons. The summed E-state index contributed by atoms with van der Waals surface area (Å²) in [4.78, 5) is 4.23. The smallest absolute Gasteiger partial charge is 0.177 e. The van der Waals surface area contributed by atoms with E-state index in [2.05, 4.69) is 20.7 Å². The summed E-state index contributed by atoms with van der Waals surface area (Å²) in [7, 11) is 0. The first kappa shape index (κ1) is 15.8. The van der Waals surface area contributed by atoms with E-state index < -0.39 is 11.6 Å². The van der Waals surface area contributed by atoms with Gasteiger partial charge < -0.3 is 10.6 Å². The molecule has 1 fully saturated rings.